The monoisotopic (exact) mass is 430 g/mol. The van der Waals surface area contributed by atoms with Gasteiger partial charge in [-0.3, -0.25) is 10.1 Å². The Kier molecular flexibility index (Phi) is 6.07. The smallest absolute Gasteiger partial charge is 0.412 e. The third-order valence-electron chi connectivity index (χ3n) is 3.76. The van der Waals surface area contributed by atoms with Crippen LogP contribution in [0.15, 0.2) is 54.7 Å². The van der Waals surface area contributed by atoms with E-state index in [0.29, 0.717) is 10.7 Å². The predicted octanol–water partition coefficient (Wildman–Crippen LogP) is 5.26. The maximum Gasteiger partial charge on any atom is 0.412 e. The van der Waals surface area contributed by atoms with Crippen molar-refractivity contribution in [1.82, 2.24) is 9.78 Å². The molecule has 0 fully saturated rings. The Labute approximate surface area is 177 Å². The lowest BCUT2D eigenvalue weighted by atomic mass is 10.2. The molecule has 2 aromatic carbocycles. The number of halogens is 2. The van der Waals surface area contributed by atoms with E-state index in [4.69, 9.17) is 16.3 Å². The lowest BCUT2D eigenvalue weighted by Gasteiger charge is -2.20. The minimum atomic E-state index is -0.727. The minimum absolute atomic E-state index is 0.0724. The van der Waals surface area contributed by atoms with Crippen LogP contribution in [0.4, 0.5) is 20.6 Å². The van der Waals surface area contributed by atoms with Crippen LogP contribution in [0, 0.1) is 5.82 Å². The molecular weight excluding hydrogens is 411 g/mol. The molecule has 0 unspecified atom stereocenters. The number of hydrogen-bond acceptors (Lipinski definition) is 4. The summed E-state index contributed by atoms with van der Waals surface area (Å²) in [5.74, 6) is -1.15. The summed E-state index contributed by atoms with van der Waals surface area (Å²) >= 11 is 5.98. The van der Waals surface area contributed by atoms with Crippen LogP contribution >= 0.6 is 11.6 Å². The fourth-order valence-electron chi connectivity index (χ4n) is 2.54. The molecule has 7 nitrogen and oxygen atoms in total. The fraction of sp³-hybridized carbons (Fsp3) is 0.190. The summed E-state index contributed by atoms with van der Waals surface area (Å²) in [6.45, 7) is 5.16. The Bertz CT molecular complexity index is 1090. The maximum absolute atomic E-state index is 13.7. The normalized spacial score (nSPS) is 11.1. The molecule has 0 aliphatic carbocycles. The van der Waals surface area contributed by atoms with Gasteiger partial charge in [0.05, 0.1) is 17.1 Å². The first-order valence-electron chi connectivity index (χ1n) is 9.03. The first-order valence-corrected chi connectivity index (χ1v) is 9.41. The zero-order chi connectivity index (χ0) is 21.9. The molecule has 0 atom stereocenters. The largest absolute Gasteiger partial charge is 0.444 e. The number of nitrogens with one attached hydrogen (secondary N) is 2. The number of amides is 2. The molecule has 3 rings (SSSR count). The molecule has 0 bridgehead atoms. The second kappa shape index (κ2) is 8.54. The number of aromatic nitrogens is 2. The van der Waals surface area contributed by atoms with Crippen LogP contribution < -0.4 is 10.6 Å². The molecule has 0 saturated carbocycles. The van der Waals surface area contributed by atoms with Crippen molar-refractivity contribution in [3.05, 3.63) is 71.3 Å². The molecule has 3 aromatic rings. The van der Waals surface area contributed by atoms with E-state index in [1.807, 2.05) is 0 Å². The molecular formula is C21H20ClFN4O3. The zero-order valence-corrected chi connectivity index (χ0v) is 17.3. The second-order valence-corrected chi connectivity index (χ2v) is 7.83. The molecule has 156 valence electrons. The topological polar surface area (TPSA) is 85.3 Å². The van der Waals surface area contributed by atoms with Gasteiger partial charge in [0.25, 0.3) is 5.91 Å². The Balaban J connectivity index is 1.78. The Hall–Kier alpha value is -3.39. The molecule has 30 heavy (non-hydrogen) atoms. The Morgan fingerprint density at radius 3 is 2.53 bits per heavy atom. The SMILES string of the molecule is CC(C)(C)OC(=O)Nc1ccc(F)cc1NC(=O)c1ccn(-c2cccc(Cl)c2)n1. The third-order valence-corrected chi connectivity index (χ3v) is 3.99. The van der Waals surface area contributed by atoms with Gasteiger partial charge < -0.3 is 10.1 Å². The number of nitrogens with zero attached hydrogens (tertiary/aromatic N) is 2. The highest BCUT2D eigenvalue weighted by molar-refractivity contribution is 6.30. The van der Waals surface area contributed by atoms with Crippen LogP contribution in [-0.4, -0.2) is 27.4 Å². The summed E-state index contributed by atoms with van der Waals surface area (Å²) in [6.07, 6.45) is 0.876. The van der Waals surface area contributed by atoms with E-state index in [1.165, 1.54) is 16.8 Å². The number of carbonyl (C=O) groups excluding carboxylic acids is 2. The minimum Gasteiger partial charge on any atom is -0.444 e. The molecule has 0 radical (unpaired) electrons. The lowest BCUT2D eigenvalue weighted by Crippen LogP contribution is -2.27. The molecule has 0 spiro atoms. The molecule has 2 N–H and O–H groups in total. The second-order valence-electron chi connectivity index (χ2n) is 7.40. The van der Waals surface area contributed by atoms with E-state index in [1.54, 1.807) is 51.2 Å². The quantitative estimate of drug-likeness (QED) is 0.590. The van der Waals surface area contributed by atoms with Gasteiger partial charge >= 0.3 is 6.09 Å². The fourth-order valence-corrected chi connectivity index (χ4v) is 2.72. The first-order chi connectivity index (χ1) is 14.1. The predicted molar refractivity (Wildman–Crippen MR) is 113 cm³/mol. The molecule has 0 saturated heterocycles. The van der Waals surface area contributed by atoms with Crippen LogP contribution in [0.1, 0.15) is 31.3 Å². The van der Waals surface area contributed by atoms with Gasteiger partial charge in [-0.05, 0) is 63.2 Å². The molecule has 1 heterocycles. The highest BCUT2D eigenvalue weighted by Crippen LogP contribution is 2.24. The van der Waals surface area contributed by atoms with E-state index >= 15 is 0 Å². The van der Waals surface area contributed by atoms with Crippen molar-refractivity contribution in [3.8, 4) is 5.69 Å². The van der Waals surface area contributed by atoms with Gasteiger partial charge in [0.2, 0.25) is 0 Å². The molecule has 2 amide bonds. The van der Waals surface area contributed by atoms with Gasteiger partial charge in [0, 0.05) is 11.2 Å². The number of rotatable bonds is 4. The van der Waals surface area contributed by atoms with Gasteiger partial charge in [-0.1, -0.05) is 17.7 Å². The van der Waals surface area contributed by atoms with Crippen LogP contribution in [0.5, 0.6) is 0 Å². The van der Waals surface area contributed by atoms with Crippen LogP contribution in [-0.2, 0) is 4.74 Å². The van der Waals surface area contributed by atoms with Gasteiger partial charge in [0.1, 0.15) is 11.4 Å². The van der Waals surface area contributed by atoms with Gasteiger partial charge in [0.15, 0.2) is 5.69 Å². The number of anilines is 2. The number of carbonyl (C=O) groups is 2. The van der Waals surface area contributed by atoms with Crippen molar-refractivity contribution in [2.45, 2.75) is 26.4 Å². The van der Waals surface area contributed by atoms with E-state index in [2.05, 4.69) is 15.7 Å². The highest BCUT2D eigenvalue weighted by Gasteiger charge is 2.19. The third kappa shape index (κ3) is 5.57. The van der Waals surface area contributed by atoms with Crippen LogP contribution in [0.2, 0.25) is 5.02 Å². The van der Waals surface area contributed by atoms with E-state index in [-0.39, 0.29) is 17.1 Å². The van der Waals surface area contributed by atoms with E-state index in [9.17, 15) is 14.0 Å². The Morgan fingerprint density at radius 2 is 1.83 bits per heavy atom. The standard InChI is InChI=1S/C21H20ClFN4O3/c1-21(2,3)30-20(29)25-16-8-7-14(23)12-18(16)24-19(28)17-9-10-27(26-17)15-6-4-5-13(22)11-15/h4-12H,1-3H3,(H,24,28)(H,25,29). The molecule has 0 aliphatic rings. The van der Waals surface area contributed by atoms with Crippen LogP contribution in [0.25, 0.3) is 5.69 Å². The number of benzene rings is 2. The highest BCUT2D eigenvalue weighted by atomic mass is 35.5. The molecule has 0 aliphatic heterocycles. The van der Waals surface area contributed by atoms with Crippen molar-refractivity contribution >= 4 is 35.0 Å². The summed E-state index contributed by atoms with van der Waals surface area (Å²) in [7, 11) is 0. The first kappa shape index (κ1) is 21.3. The summed E-state index contributed by atoms with van der Waals surface area (Å²) < 4.78 is 20.4. The summed E-state index contributed by atoms with van der Waals surface area (Å²) in [5, 5.41) is 9.82. The van der Waals surface area contributed by atoms with Crippen molar-refractivity contribution in [2.24, 2.45) is 0 Å². The zero-order valence-electron chi connectivity index (χ0n) is 16.6. The van der Waals surface area contributed by atoms with E-state index in [0.717, 1.165) is 12.1 Å². The molecule has 9 heteroatoms. The number of hydrogen-bond donors (Lipinski definition) is 2. The van der Waals surface area contributed by atoms with E-state index < -0.39 is 23.4 Å². The average molecular weight is 431 g/mol. The average Bonchev–Trinajstić information content (AvgIpc) is 3.13. The van der Waals surface area contributed by atoms with Gasteiger partial charge in [-0.15, -0.1) is 0 Å². The number of ether oxygens (including phenoxy) is 1. The summed E-state index contributed by atoms with van der Waals surface area (Å²) in [4.78, 5) is 24.7. The van der Waals surface area contributed by atoms with Crippen molar-refractivity contribution in [1.29, 1.82) is 0 Å². The van der Waals surface area contributed by atoms with Gasteiger partial charge in [-0.25, -0.2) is 13.9 Å². The molecule has 1 aromatic heterocycles. The summed E-state index contributed by atoms with van der Waals surface area (Å²) in [6, 6.07) is 12.1. The van der Waals surface area contributed by atoms with Crippen molar-refractivity contribution in [2.75, 3.05) is 10.6 Å². The Morgan fingerprint density at radius 1 is 1.07 bits per heavy atom. The van der Waals surface area contributed by atoms with Crippen molar-refractivity contribution in [3.63, 3.8) is 0 Å². The maximum atomic E-state index is 13.7. The van der Waals surface area contributed by atoms with Crippen molar-refractivity contribution < 1.29 is 18.7 Å². The lowest BCUT2D eigenvalue weighted by molar-refractivity contribution is 0.0635. The van der Waals surface area contributed by atoms with Crippen LogP contribution in [0.3, 0.4) is 0 Å². The summed E-state index contributed by atoms with van der Waals surface area (Å²) in [5.41, 5.74) is 0.333. The van der Waals surface area contributed by atoms with Gasteiger partial charge in [-0.2, -0.15) is 5.10 Å².